The fraction of sp³-hybridized carbons (Fsp3) is 0.300. The van der Waals surface area contributed by atoms with Gasteiger partial charge < -0.3 is 0 Å². The molecule has 14 heavy (non-hydrogen) atoms. The van der Waals surface area contributed by atoms with Crippen LogP contribution in [-0.4, -0.2) is 18.5 Å². The number of nitrogens with zero attached hydrogens (tertiary/aromatic N) is 2. The molecule has 0 heterocycles. The van der Waals surface area contributed by atoms with Crippen LogP contribution in [0.25, 0.3) is 0 Å². The molecule has 0 aromatic heterocycles. The Morgan fingerprint density at radius 1 is 1.36 bits per heavy atom. The van der Waals surface area contributed by atoms with Gasteiger partial charge in [-0.25, -0.2) is 8.78 Å². The highest BCUT2D eigenvalue weighted by Crippen LogP contribution is 2.09. The van der Waals surface area contributed by atoms with Crippen molar-refractivity contribution in [2.24, 2.45) is 0 Å². The maximum absolute atomic E-state index is 12.8. The maximum atomic E-state index is 12.8. The molecule has 1 rings (SSSR count). The second kappa shape index (κ2) is 4.68. The Kier molecular flexibility index (Phi) is 3.55. The van der Waals surface area contributed by atoms with Crippen molar-refractivity contribution >= 4 is 0 Å². The summed E-state index contributed by atoms with van der Waals surface area (Å²) in [4.78, 5) is 1.71. The predicted molar refractivity (Wildman–Crippen MR) is 48.3 cm³/mol. The molecule has 0 N–H and O–H groups in total. The third-order valence-corrected chi connectivity index (χ3v) is 1.78. The smallest absolute Gasteiger partial charge is 0.159 e. The first-order valence-electron chi connectivity index (χ1n) is 4.13. The van der Waals surface area contributed by atoms with Crippen molar-refractivity contribution in [2.45, 2.75) is 6.54 Å². The Bertz CT molecular complexity index is 358. The molecule has 2 nitrogen and oxygen atoms in total. The van der Waals surface area contributed by atoms with E-state index in [-0.39, 0.29) is 6.54 Å². The van der Waals surface area contributed by atoms with Crippen LogP contribution < -0.4 is 0 Å². The summed E-state index contributed by atoms with van der Waals surface area (Å²) in [5.41, 5.74) is 0.654. The Morgan fingerprint density at radius 2 is 2.07 bits per heavy atom. The van der Waals surface area contributed by atoms with E-state index in [9.17, 15) is 8.78 Å². The Morgan fingerprint density at radius 3 is 2.64 bits per heavy atom. The number of rotatable bonds is 3. The Balaban J connectivity index is 2.69. The minimum absolute atomic E-state index is 0.263. The summed E-state index contributed by atoms with van der Waals surface area (Å²) < 4.78 is 25.3. The average molecular weight is 196 g/mol. The van der Waals surface area contributed by atoms with E-state index >= 15 is 0 Å². The van der Waals surface area contributed by atoms with Gasteiger partial charge >= 0.3 is 0 Å². The van der Waals surface area contributed by atoms with Gasteiger partial charge in [-0.2, -0.15) is 5.26 Å². The van der Waals surface area contributed by atoms with Gasteiger partial charge in [0.15, 0.2) is 11.6 Å². The van der Waals surface area contributed by atoms with Gasteiger partial charge in [-0.15, -0.1) is 0 Å². The van der Waals surface area contributed by atoms with Gasteiger partial charge in [0.05, 0.1) is 12.6 Å². The molecule has 0 atom stereocenters. The summed E-state index contributed by atoms with van der Waals surface area (Å²) in [6.07, 6.45) is 0. The first-order chi connectivity index (χ1) is 6.63. The molecule has 0 unspecified atom stereocenters. The first kappa shape index (κ1) is 10.6. The highest BCUT2D eigenvalue weighted by Gasteiger charge is 2.04. The van der Waals surface area contributed by atoms with Crippen LogP contribution in [0.15, 0.2) is 18.2 Å². The highest BCUT2D eigenvalue weighted by atomic mass is 19.2. The molecule has 4 heteroatoms. The van der Waals surface area contributed by atoms with Crippen molar-refractivity contribution in [3.63, 3.8) is 0 Å². The van der Waals surface area contributed by atoms with Gasteiger partial charge in [0, 0.05) is 6.54 Å². The second-order valence-electron chi connectivity index (χ2n) is 3.08. The molecule has 0 saturated carbocycles. The van der Waals surface area contributed by atoms with E-state index in [4.69, 9.17) is 5.26 Å². The van der Waals surface area contributed by atoms with Crippen LogP contribution in [0.3, 0.4) is 0 Å². The molecule has 0 aliphatic carbocycles. The summed E-state index contributed by atoms with van der Waals surface area (Å²) in [5.74, 6) is -1.70. The minimum Gasteiger partial charge on any atom is -0.289 e. The fourth-order valence-electron chi connectivity index (χ4n) is 1.13. The monoisotopic (exact) mass is 196 g/mol. The van der Waals surface area contributed by atoms with E-state index in [1.807, 2.05) is 6.07 Å². The molecule has 0 saturated heterocycles. The highest BCUT2D eigenvalue weighted by molar-refractivity contribution is 5.17. The lowest BCUT2D eigenvalue weighted by molar-refractivity contribution is 0.366. The predicted octanol–water partition coefficient (Wildman–Crippen LogP) is 1.92. The zero-order valence-electron chi connectivity index (χ0n) is 7.80. The zero-order chi connectivity index (χ0) is 10.6. The van der Waals surface area contributed by atoms with E-state index in [1.54, 1.807) is 11.9 Å². The summed E-state index contributed by atoms with van der Waals surface area (Å²) in [6.45, 7) is 0.698. The topological polar surface area (TPSA) is 27.0 Å². The van der Waals surface area contributed by atoms with E-state index in [0.717, 1.165) is 12.1 Å². The number of benzene rings is 1. The van der Waals surface area contributed by atoms with Gasteiger partial charge in [-0.1, -0.05) is 6.07 Å². The molecular formula is C10H10F2N2. The number of hydrogen-bond donors (Lipinski definition) is 0. The average Bonchev–Trinajstić information content (AvgIpc) is 2.12. The number of hydrogen-bond acceptors (Lipinski definition) is 2. The van der Waals surface area contributed by atoms with Crippen LogP contribution in [0.5, 0.6) is 0 Å². The lowest BCUT2D eigenvalue weighted by Gasteiger charge is -2.12. The van der Waals surface area contributed by atoms with Crippen LogP contribution >= 0.6 is 0 Å². The molecular weight excluding hydrogens is 186 g/mol. The molecule has 0 aliphatic rings. The molecule has 74 valence electrons. The SMILES string of the molecule is CN(CC#N)Cc1ccc(F)c(F)c1. The van der Waals surface area contributed by atoms with Crippen LogP contribution in [0, 0.1) is 23.0 Å². The molecule has 0 spiro atoms. The van der Waals surface area contributed by atoms with E-state index in [1.165, 1.54) is 6.07 Å². The second-order valence-corrected chi connectivity index (χ2v) is 3.08. The van der Waals surface area contributed by atoms with Gasteiger partial charge in [-0.05, 0) is 24.7 Å². The Hall–Kier alpha value is -1.47. The number of halogens is 2. The van der Waals surface area contributed by atoms with E-state index in [0.29, 0.717) is 12.1 Å². The van der Waals surface area contributed by atoms with Crippen molar-refractivity contribution in [2.75, 3.05) is 13.6 Å². The summed E-state index contributed by atoms with van der Waals surface area (Å²) >= 11 is 0. The van der Waals surface area contributed by atoms with E-state index < -0.39 is 11.6 Å². The molecule has 1 aromatic carbocycles. The third-order valence-electron chi connectivity index (χ3n) is 1.78. The van der Waals surface area contributed by atoms with Crippen molar-refractivity contribution in [3.8, 4) is 6.07 Å². The Labute approximate surface area is 81.4 Å². The van der Waals surface area contributed by atoms with Gasteiger partial charge in [0.1, 0.15) is 0 Å². The van der Waals surface area contributed by atoms with Gasteiger partial charge in [0.2, 0.25) is 0 Å². The quantitative estimate of drug-likeness (QED) is 0.690. The van der Waals surface area contributed by atoms with Crippen molar-refractivity contribution in [1.82, 2.24) is 4.90 Å². The summed E-state index contributed by atoms with van der Waals surface area (Å²) in [5, 5.41) is 8.39. The molecule has 0 radical (unpaired) electrons. The van der Waals surface area contributed by atoms with Crippen molar-refractivity contribution < 1.29 is 8.78 Å². The van der Waals surface area contributed by atoms with Crippen LogP contribution in [0.2, 0.25) is 0 Å². The lowest BCUT2D eigenvalue weighted by Crippen LogP contribution is -2.17. The first-order valence-corrected chi connectivity index (χ1v) is 4.13. The van der Waals surface area contributed by atoms with Crippen molar-refractivity contribution in [1.29, 1.82) is 5.26 Å². The fourth-order valence-corrected chi connectivity index (χ4v) is 1.13. The molecule has 0 amide bonds. The zero-order valence-corrected chi connectivity index (χ0v) is 7.80. The van der Waals surface area contributed by atoms with Gasteiger partial charge in [-0.3, -0.25) is 4.90 Å². The van der Waals surface area contributed by atoms with Crippen LogP contribution in [0.1, 0.15) is 5.56 Å². The maximum Gasteiger partial charge on any atom is 0.159 e. The van der Waals surface area contributed by atoms with Crippen LogP contribution in [-0.2, 0) is 6.54 Å². The molecule has 0 aliphatic heterocycles. The lowest BCUT2D eigenvalue weighted by atomic mass is 10.2. The summed E-state index contributed by atoms with van der Waals surface area (Å²) in [6, 6.07) is 5.71. The van der Waals surface area contributed by atoms with E-state index in [2.05, 4.69) is 0 Å². The standard InChI is InChI=1S/C10H10F2N2/c1-14(5-4-13)7-8-2-3-9(11)10(12)6-8/h2-3,6H,5,7H2,1H3. The third kappa shape index (κ3) is 2.79. The normalized spacial score (nSPS) is 10.2. The van der Waals surface area contributed by atoms with Crippen LogP contribution in [0.4, 0.5) is 8.78 Å². The summed E-state index contributed by atoms with van der Waals surface area (Å²) in [7, 11) is 1.74. The van der Waals surface area contributed by atoms with Gasteiger partial charge in [0.25, 0.3) is 0 Å². The minimum atomic E-state index is -0.854. The number of nitriles is 1. The molecule has 0 bridgehead atoms. The van der Waals surface area contributed by atoms with Crippen molar-refractivity contribution in [3.05, 3.63) is 35.4 Å². The molecule has 1 aromatic rings. The molecule has 0 fully saturated rings. The largest absolute Gasteiger partial charge is 0.289 e.